The van der Waals surface area contributed by atoms with Crippen LogP contribution in [0.2, 0.25) is 0 Å². The van der Waals surface area contributed by atoms with Crippen LogP contribution in [0.25, 0.3) is 0 Å². The van der Waals surface area contributed by atoms with Gasteiger partial charge in [0, 0.05) is 31.7 Å². The molecule has 0 N–H and O–H groups in total. The number of benzene rings is 2. The van der Waals surface area contributed by atoms with E-state index in [0.29, 0.717) is 30.3 Å². The lowest BCUT2D eigenvalue weighted by Crippen LogP contribution is -2.54. The fourth-order valence-corrected chi connectivity index (χ4v) is 5.33. The van der Waals surface area contributed by atoms with E-state index in [1.165, 1.54) is 16.7 Å². The lowest BCUT2D eigenvalue weighted by molar-refractivity contribution is 0.305. The van der Waals surface area contributed by atoms with Crippen LogP contribution in [0.1, 0.15) is 18.1 Å². The molecule has 1 aliphatic heterocycles. The Bertz CT molecular complexity index is 1220. The molecule has 7 nitrogen and oxygen atoms in total. The van der Waals surface area contributed by atoms with Crippen molar-refractivity contribution in [2.24, 2.45) is 0 Å². The summed E-state index contributed by atoms with van der Waals surface area (Å²) in [5, 5.41) is 0. The molecule has 2 aromatic carbocycles. The highest BCUT2D eigenvalue weighted by Crippen LogP contribution is 2.28. The van der Waals surface area contributed by atoms with E-state index >= 15 is 0 Å². The minimum atomic E-state index is -3.58. The first-order valence-corrected chi connectivity index (χ1v) is 11.8. The number of aromatic nitrogens is 2. The Hall–Kier alpha value is -3.04. The molecule has 1 saturated heterocycles. The predicted molar refractivity (Wildman–Crippen MR) is 120 cm³/mol. The fraction of sp³-hybridized carbons (Fsp3) is 0.304. The van der Waals surface area contributed by atoms with Gasteiger partial charge in [0.05, 0.1) is 4.90 Å². The zero-order chi connectivity index (χ0) is 22.9. The largest absolute Gasteiger partial charge is 0.436 e. The molecule has 0 saturated carbocycles. The van der Waals surface area contributed by atoms with Crippen molar-refractivity contribution in [2.75, 3.05) is 24.5 Å². The van der Waals surface area contributed by atoms with Crippen molar-refractivity contribution in [2.45, 2.75) is 31.7 Å². The standard InChI is InChI=1S/C23H25FN4O3S/c1-16-4-7-19(8-5-16)32(29,30)28-11-10-27(14-18(28)3)22-13-23(26-15-25-22)31-21-12-17(2)6-9-20(21)24/h4-9,12-13,15,18H,10-11,14H2,1-3H3. The second kappa shape index (κ2) is 8.84. The summed E-state index contributed by atoms with van der Waals surface area (Å²) in [5.74, 6) is 0.445. The lowest BCUT2D eigenvalue weighted by atomic mass is 10.2. The van der Waals surface area contributed by atoms with Gasteiger partial charge in [0.25, 0.3) is 0 Å². The van der Waals surface area contributed by atoms with Gasteiger partial charge in [-0.25, -0.2) is 22.8 Å². The molecule has 3 aromatic rings. The minimum Gasteiger partial charge on any atom is -0.436 e. The molecule has 0 radical (unpaired) electrons. The van der Waals surface area contributed by atoms with Crippen LogP contribution in [0.5, 0.6) is 11.6 Å². The van der Waals surface area contributed by atoms with Crippen LogP contribution in [0.4, 0.5) is 10.2 Å². The van der Waals surface area contributed by atoms with Crippen molar-refractivity contribution in [3.05, 3.63) is 71.8 Å². The third-order valence-corrected chi connectivity index (χ3v) is 7.47. The maximum Gasteiger partial charge on any atom is 0.243 e. The number of hydrogen-bond donors (Lipinski definition) is 0. The van der Waals surface area contributed by atoms with E-state index in [-0.39, 0.29) is 17.7 Å². The van der Waals surface area contributed by atoms with Crippen molar-refractivity contribution < 1.29 is 17.5 Å². The van der Waals surface area contributed by atoms with Gasteiger partial charge in [0.1, 0.15) is 12.1 Å². The first-order valence-electron chi connectivity index (χ1n) is 10.3. The minimum absolute atomic E-state index is 0.0945. The van der Waals surface area contributed by atoms with Gasteiger partial charge >= 0.3 is 0 Å². The van der Waals surface area contributed by atoms with Gasteiger partial charge in [-0.1, -0.05) is 23.8 Å². The Morgan fingerprint density at radius 1 is 1.00 bits per heavy atom. The topological polar surface area (TPSA) is 75.6 Å². The summed E-state index contributed by atoms with van der Waals surface area (Å²) < 4.78 is 47.4. The third-order valence-electron chi connectivity index (χ3n) is 5.45. The smallest absolute Gasteiger partial charge is 0.243 e. The van der Waals surface area contributed by atoms with Gasteiger partial charge in [-0.05, 0) is 50.6 Å². The van der Waals surface area contributed by atoms with E-state index in [2.05, 4.69) is 9.97 Å². The summed E-state index contributed by atoms with van der Waals surface area (Å²) in [5.41, 5.74) is 1.88. The molecule has 0 aliphatic carbocycles. The fourth-order valence-electron chi connectivity index (χ4n) is 3.71. The third kappa shape index (κ3) is 4.58. The summed E-state index contributed by atoms with van der Waals surface area (Å²) in [7, 11) is -3.58. The molecule has 1 aliphatic rings. The highest BCUT2D eigenvalue weighted by molar-refractivity contribution is 7.89. The first kappa shape index (κ1) is 22.2. The van der Waals surface area contributed by atoms with E-state index in [1.54, 1.807) is 42.5 Å². The lowest BCUT2D eigenvalue weighted by Gasteiger charge is -2.39. The normalized spacial score (nSPS) is 17.4. The van der Waals surface area contributed by atoms with Crippen molar-refractivity contribution in [1.29, 1.82) is 0 Å². The highest BCUT2D eigenvalue weighted by atomic mass is 32.2. The van der Waals surface area contributed by atoms with Crippen LogP contribution in [-0.2, 0) is 10.0 Å². The number of hydrogen-bond acceptors (Lipinski definition) is 6. The van der Waals surface area contributed by atoms with Gasteiger partial charge in [-0.3, -0.25) is 0 Å². The van der Waals surface area contributed by atoms with Crippen LogP contribution in [0.15, 0.2) is 59.8 Å². The SMILES string of the molecule is Cc1ccc(S(=O)(=O)N2CCN(c3cc(Oc4cc(C)ccc4F)ncn3)CC2C)cc1. The second-order valence-electron chi connectivity index (χ2n) is 7.97. The Morgan fingerprint density at radius 3 is 2.44 bits per heavy atom. The molecular formula is C23H25FN4O3S. The number of halogens is 1. The van der Waals surface area contributed by atoms with Crippen molar-refractivity contribution in [3.63, 3.8) is 0 Å². The molecule has 4 rings (SSSR count). The number of ether oxygens (including phenoxy) is 1. The van der Waals surface area contributed by atoms with E-state index in [1.807, 2.05) is 25.7 Å². The van der Waals surface area contributed by atoms with Crippen molar-refractivity contribution in [1.82, 2.24) is 14.3 Å². The summed E-state index contributed by atoms with van der Waals surface area (Å²) >= 11 is 0. The molecule has 0 spiro atoms. The molecule has 32 heavy (non-hydrogen) atoms. The van der Waals surface area contributed by atoms with E-state index in [4.69, 9.17) is 4.74 Å². The number of piperazine rings is 1. The summed E-state index contributed by atoms with van der Waals surface area (Å²) in [4.78, 5) is 10.7. The monoisotopic (exact) mass is 456 g/mol. The highest BCUT2D eigenvalue weighted by Gasteiger charge is 2.34. The summed E-state index contributed by atoms with van der Waals surface area (Å²) in [6.07, 6.45) is 1.36. The van der Waals surface area contributed by atoms with Crippen LogP contribution in [-0.4, -0.2) is 48.4 Å². The Kier molecular flexibility index (Phi) is 6.12. The maximum absolute atomic E-state index is 14.0. The Morgan fingerprint density at radius 2 is 1.72 bits per heavy atom. The molecule has 1 aromatic heterocycles. The molecule has 1 unspecified atom stereocenters. The quantitative estimate of drug-likeness (QED) is 0.579. The average molecular weight is 457 g/mol. The van der Waals surface area contributed by atoms with Crippen molar-refractivity contribution >= 4 is 15.8 Å². The number of nitrogens with zero attached hydrogens (tertiary/aromatic N) is 4. The zero-order valence-electron chi connectivity index (χ0n) is 18.2. The Labute approximate surface area is 187 Å². The van der Waals surface area contributed by atoms with Crippen LogP contribution in [0, 0.1) is 19.7 Å². The molecular weight excluding hydrogens is 431 g/mol. The number of anilines is 1. The molecule has 1 fully saturated rings. The number of aryl methyl sites for hydroxylation is 2. The zero-order valence-corrected chi connectivity index (χ0v) is 19.0. The number of rotatable bonds is 5. The van der Waals surface area contributed by atoms with Crippen LogP contribution in [0.3, 0.4) is 0 Å². The van der Waals surface area contributed by atoms with Crippen LogP contribution < -0.4 is 9.64 Å². The van der Waals surface area contributed by atoms with E-state index in [0.717, 1.165) is 11.1 Å². The van der Waals surface area contributed by atoms with Crippen LogP contribution >= 0.6 is 0 Å². The summed E-state index contributed by atoms with van der Waals surface area (Å²) in [6, 6.07) is 12.9. The van der Waals surface area contributed by atoms with Gasteiger partial charge in [0.15, 0.2) is 11.6 Å². The Balaban J connectivity index is 1.49. The van der Waals surface area contributed by atoms with Gasteiger partial charge in [-0.15, -0.1) is 0 Å². The summed E-state index contributed by atoms with van der Waals surface area (Å²) in [6.45, 7) is 6.89. The molecule has 168 valence electrons. The second-order valence-corrected chi connectivity index (χ2v) is 9.86. The number of sulfonamides is 1. The van der Waals surface area contributed by atoms with Gasteiger partial charge in [0.2, 0.25) is 15.9 Å². The van der Waals surface area contributed by atoms with E-state index < -0.39 is 15.8 Å². The molecule has 2 heterocycles. The van der Waals surface area contributed by atoms with Gasteiger partial charge < -0.3 is 9.64 Å². The molecule has 0 bridgehead atoms. The average Bonchev–Trinajstić information content (AvgIpc) is 2.76. The maximum atomic E-state index is 14.0. The first-order chi connectivity index (χ1) is 15.2. The molecule has 1 atom stereocenters. The van der Waals surface area contributed by atoms with E-state index in [9.17, 15) is 12.8 Å². The van der Waals surface area contributed by atoms with Gasteiger partial charge in [-0.2, -0.15) is 4.31 Å². The molecule has 0 amide bonds. The molecule has 9 heteroatoms. The van der Waals surface area contributed by atoms with Crippen molar-refractivity contribution in [3.8, 4) is 11.6 Å². The predicted octanol–water partition coefficient (Wildman–Crippen LogP) is 3.92.